The first-order valence-electron chi connectivity index (χ1n) is 5.83. The van der Waals surface area contributed by atoms with Gasteiger partial charge in [0.15, 0.2) is 0 Å². The van der Waals surface area contributed by atoms with E-state index in [0.29, 0.717) is 37.3 Å². The van der Waals surface area contributed by atoms with Gasteiger partial charge in [0.25, 0.3) is 0 Å². The maximum atomic E-state index is 10.9. The van der Waals surface area contributed by atoms with Crippen LogP contribution < -0.4 is 10.2 Å². The number of ether oxygens (including phenoxy) is 2. The van der Waals surface area contributed by atoms with Gasteiger partial charge in [0, 0.05) is 11.9 Å². The van der Waals surface area contributed by atoms with E-state index in [1.54, 1.807) is 6.07 Å². The molecule has 0 fully saturated rings. The van der Waals surface area contributed by atoms with Crippen molar-refractivity contribution in [2.75, 3.05) is 13.7 Å². The third-order valence-corrected chi connectivity index (χ3v) is 2.81. The molecule has 0 saturated heterocycles. The molecule has 96 valence electrons. The van der Waals surface area contributed by atoms with Gasteiger partial charge in [-0.2, -0.15) is 0 Å². The SMILES string of the molecule is COC(=O)CCCOc1cccc2c1B(O)OC2. The van der Waals surface area contributed by atoms with Crippen LogP contribution in [0, 0.1) is 0 Å². The van der Waals surface area contributed by atoms with E-state index in [-0.39, 0.29) is 5.97 Å². The predicted octanol–water partition coefficient (Wildman–Crippen LogP) is 0.236. The number of carbonyl (C=O) groups excluding carboxylic acids is 1. The molecule has 6 heteroatoms. The van der Waals surface area contributed by atoms with E-state index in [4.69, 9.17) is 9.39 Å². The van der Waals surface area contributed by atoms with Crippen molar-refractivity contribution < 1.29 is 23.9 Å². The van der Waals surface area contributed by atoms with Gasteiger partial charge in [0.2, 0.25) is 0 Å². The zero-order valence-electron chi connectivity index (χ0n) is 10.2. The van der Waals surface area contributed by atoms with Crippen molar-refractivity contribution in [3.8, 4) is 5.75 Å². The average Bonchev–Trinajstić information content (AvgIpc) is 2.77. The van der Waals surface area contributed by atoms with E-state index < -0.39 is 7.12 Å². The lowest BCUT2D eigenvalue weighted by Crippen LogP contribution is -2.30. The van der Waals surface area contributed by atoms with Crippen LogP contribution in [0.3, 0.4) is 0 Å². The fourth-order valence-corrected chi connectivity index (χ4v) is 1.87. The van der Waals surface area contributed by atoms with Gasteiger partial charge < -0.3 is 19.2 Å². The summed E-state index contributed by atoms with van der Waals surface area (Å²) in [5.41, 5.74) is 1.63. The Bertz CT molecular complexity index is 434. The first-order chi connectivity index (χ1) is 8.72. The van der Waals surface area contributed by atoms with E-state index >= 15 is 0 Å². The number of rotatable bonds is 5. The Hall–Kier alpha value is -1.53. The highest BCUT2D eigenvalue weighted by molar-refractivity contribution is 6.62. The molecule has 0 radical (unpaired) electrons. The summed E-state index contributed by atoms with van der Waals surface area (Å²) in [6.45, 7) is 0.800. The van der Waals surface area contributed by atoms with Crippen LogP contribution in [0.5, 0.6) is 5.75 Å². The molecule has 0 atom stereocenters. The highest BCUT2D eigenvalue weighted by atomic mass is 16.5. The lowest BCUT2D eigenvalue weighted by molar-refractivity contribution is -0.140. The number of hydrogen-bond acceptors (Lipinski definition) is 5. The fourth-order valence-electron chi connectivity index (χ4n) is 1.87. The van der Waals surface area contributed by atoms with Crippen molar-refractivity contribution in [2.24, 2.45) is 0 Å². The summed E-state index contributed by atoms with van der Waals surface area (Å²) >= 11 is 0. The minimum Gasteiger partial charge on any atom is -0.494 e. The molecule has 18 heavy (non-hydrogen) atoms. The number of fused-ring (bicyclic) bond motifs is 1. The number of hydrogen-bond donors (Lipinski definition) is 1. The van der Waals surface area contributed by atoms with Crippen LogP contribution in [0.25, 0.3) is 0 Å². The van der Waals surface area contributed by atoms with Crippen LogP contribution in [0.1, 0.15) is 18.4 Å². The van der Waals surface area contributed by atoms with Crippen LogP contribution in [-0.2, 0) is 20.8 Å². The van der Waals surface area contributed by atoms with Gasteiger partial charge in [0.05, 0.1) is 20.3 Å². The van der Waals surface area contributed by atoms with Crippen molar-refractivity contribution >= 4 is 18.6 Å². The van der Waals surface area contributed by atoms with Gasteiger partial charge in [-0.25, -0.2) is 0 Å². The van der Waals surface area contributed by atoms with E-state index in [1.807, 2.05) is 12.1 Å². The molecule has 2 rings (SSSR count). The highest BCUT2D eigenvalue weighted by Crippen LogP contribution is 2.18. The lowest BCUT2D eigenvalue weighted by atomic mass is 9.79. The van der Waals surface area contributed by atoms with E-state index in [9.17, 15) is 9.82 Å². The molecule has 1 heterocycles. The van der Waals surface area contributed by atoms with Crippen molar-refractivity contribution in [3.05, 3.63) is 23.8 Å². The second-order valence-corrected chi connectivity index (χ2v) is 4.02. The summed E-state index contributed by atoms with van der Waals surface area (Å²) in [7, 11) is 0.442. The summed E-state index contributed by atoms with van der Waals surface area (Å²) in [5, 5.41) is 9.67. The quantitative estimate of drug-likeness (QED) is 0.460. The molecule has 0 bridgehead atoms. The zero-order chi connectivity index (χ0) is 13.0. The van der Waals surface area contributed by atoms with Gasteiger partial charge in [-0.1, -0.05) is 12.1 Å². The predicted molar refractivity (Wildman–Crippen MR) is 65.6 cm³/mol. The number of esters is 1. The third-order valence-electron chi connectivity index (χ3n) is 2.81. The third kappa shape index (κ3) is 2.83. The standard InChI is InChI=1S/C12H15BO5/c1-16-11(14)6-3-7-17-10-5-2-4-9-8-18-13(15)12(9)10/h2,4-5,15H,3,6-8H2,1H3. The van der Waals surface area contributed by atoms with Crippen molar-refractivity contribution in [1.29, 1.82) is 0 Å². The summed E-state index contributed by atoms with van der Waals surface area (Å²) in [5.74, 6) is 0.364. The van der Waals surface area contributed by atoms with Crippen molar-refractivity contribution in [2.45, 2.75) is 19.4 Å². The molecule has 0 spiro atoms. The monoisotopic (exact) mass is 250 g/mol. The second kappa shape index (κ2) is 5.88. The molecule has 1 N–H and O–H groups in total. The molecule has 0 unspecified atom stereocenters. The van der Waals surface area contributed by atoms with E-state index in [2.05, 4.69) is 4.74 Å². The van der Waals surface area contributed by atoms with Crippen LogP contribution in [0.4, 0.5) is 0 Å². The van der Waals surface area contributed by atoms with Crippen LogP contribution in [0.15, 0.2) is 18.2 Å². The topological polar surface area (TPSA) is 65.0 Å². The average molecular weight is 250 g/mol. The van der Waals surface area contributed by atoms with Gasteiger partial charge in [-0.05, 0) is 18.1 Å². The lowest BCUT2D eigenvalue weighted by Gasteiger charge is -2.10. The Balaban J connectivity index is 1.91. The Labute approximate surface area is 106 Å². The van der Waals surface area contributed by atoms with Crippen molar-refractivity contribution in [1.82, 2.24) is 0 Å². The Kier molecular flexibility index (Phi) is 4.22. The molecule has 0 amide bonds. The second-order valence-electron chi connectivity index (χ2n) is 4.02. The molecule has 0 aliphatic carbocycles. The minimum absolute atomic E-state index is 0.250. The Morgan fingerprint density at radius 3 is 3.17 bits per heavy atom. The molecule has 0 aromatic heterocycles. The fraction of sp³-hybridized carbons (Fsp3) is 0.417. The Morgan fingerprint density at radius 1 is 1.56 bits per heavy atom. The van der Waals surface area contributed by atoms with Crippen molar-refractivity contribution in [3.63, 3.8) is 0 Å². The van der Waals surface area contributed by atoms with Gasteiger partial charge in [-0.15, -0.1) is 0 Å². The van der Waals surface area contributed by atoms with E-state index in [0.717, 1.165) is 5.56 Å². The largest absolute Gasteiger partial charge is 0.495 e. The summed E-state index contributed by atoms with van der Waals surface area (Å²) in [4.78, 5) is 10.9. The molecule has 1 aromatic carbocycles. The van der Waals surface area contributed by atoms with Crippen LogP contribution in [0.2, 0.25) is 0 Å². The highest BCUT2D eigenvalue weighted by Gasteiger charge is 2.30. The van der Waals surface area contributed by atoms with Gasteiger partial charge in [-0.3, -0.25) is 4.79 Å². The number of methoxy groups -OCH3 is 1. The number of benzene rings is 1. The van der Waals surface area contributed by atoms with Gasteiger partial charge >= 0.3 is 13.1 Å². The maximum Gasteiger partial charge on any atom is 0.495 e. The molecule has 1 aromatic rings. The number of carbonyl (C=O) groups is 1. The molecule has 1 aliphatic heterocycles. The summed E-state index contributed by atoms with van der Waals surface area (Å²) in [6, 6.07) is 5.54. The molecular formula is C12H15BO5. The summed E-state index contributed by atoms with van der Waals surface area (Å²) in [6.07, 6.45) is 0.901. The van der Waals surface area contributed by atoms with E-state index in [1.165, 1.54) is 7.11 Å². The van der Waals surface area contributed by atoms with Crippen LogP contribution >= 0.6 is 0 Å². The maximum absolute atomic E-state index is 10.9. The van der Waals surface area contributed by atoms with Crippen LogP contribution in [-0.4, -0.2) is 31.8 Å². The summed E-state index contributed by atoms with van der Waals surface area (Å²) < 4.78 is 15.2. The first-order valence-corrected chi connectivity index (χ1v) is 5.83. The molecule has 1 aliphatic rings. The molecular weight excluding hydrogens is 235 g/mol. The zero-order valence-corrected chi connectivity index (χ0v) is 10.2. The minimum atomic E-state index is -0.920. The molecule has 0 saturated carbocycles. The first kappa shape index (κ1) is 12.9. The molecule has 5 nitrogen and oxygen atoms in total. The smallest absolute Gasteiger partial charge is 0.494 e. The van der Waals surface area contributed by atoms with Gasteiger partial charge in [0.1, 0.15) is 5.75 Å². The normalized spacial score (nSPS) is 13.3. The Morgan fingerprint density at radius 2 is 2.39 bits per heavy atom.